The van der Waals surface area contributed by atoms with E-state index in [0.717, 1.165) is 15.3 Å². The highest BCUT2D eigenvalue weighted by atomic mass is 32.2. The van der Waals surface area contributed by atoms with Crippen molar-refractivity contribution in [1.82, 2.24) is 9.97 Å². The molecule has 5 nitrogen and oxygen atoms in total. The highest BCUT2D eigenvalue weighted by Crippen LogP contribution is 2.33. The van der Waals surface area contributed by atoms with E-state index in [9.17, 15) is 4.79 Å². The molecule has 0 radical (unpaired) electrons. The summed E-state index contributed by atoms with van der Waals surface area (Å²) in [6.45, 7) is 3.94. The van der Waals surface area contributed by atoms with Gasteiger partial charge in [-0.25, -0.2) is 4.98 Å². The number of hydrogen-bond donors (Lipinski definition) is 2. The smallest absolute Gasteiger partial charge is 0.260 e. The van der Waals surface area contributed by atoms with Crippen LogP contribution in [-0.4, -0.2) is 21.2 Å². The number of aromatic amines is 1. The fourth-order valence-corrected chi connectivity index (χ4v) is 4.60. The maximum Gasteiger partial charge on any atom is 0.260 e. The van der Waals surface area contributed by atoms with E-state index < -0.39 is 0 Å². The third-order valence-corrected chi connectivity index (χ3v) is 5.62. The number of thiophene rings is 2. The fraction of sp³-hybridized carbons (Fsp3) is 0.267. The molecule has 0 bridgehead atoms. The quantitative estimate of drug-likeness (QED) is 0.546. The molecule has 3 aromatic heterocycles. The Balaban J connectivity index is 1.90. The summed E-state index contributed by atoms with van der Waals surface area (Å²) in [4.78, 5) is 26.0. The fourth-order valence-electron chi connectivity index (χ4n) is 2.11. The Morgan fingerprint density at radius 1 is 1.48 bits per heavy atom. The van der Waals surface area contributed by atoms with Crippen molar-refractivity contribution < 1.29 is 0 Å². The van der Waals surface area contributed by atoms with Crippen LogP contribution in [0.4, 0.5) is 0 Å². The molecule has 0 atom stereocenters. The Labute approximate surface area is 145 Å². The minimum Gasteiger partial charge on any atom is -0.379 e. The number of nitrogens with one attached hydrogen (secondary N) is 1. The number of nitrogens with two attached hydrogens (primary N) is 1. The Kier molecular flexibility index (Phi) is 4.84. The molecule has 3 heterocycles. The first-order chi connectivity index (χ1) is 11.0. The number of hydrogen-bond acceptors (Lipinski definition) is 6. The molecule has 23 heavy (non-hydrogen) atoms. The maximum absolute atomic E-state index is 12.4. The molecule has 3 aromatic rings. The lowest BCUT2D eigenvalue weighted by Crippen LogP contribution is -2.13. The molecular weight excluding hydrogens is 348 g/mol. The van der Waals surface area contributed by atoms with Gasteiger partial charge in [0, 0.05) is 21.9 Å². The van der Waals surface area contributed by atoms with E-state index in [0.29, 0.717) is 22.1 Å². The van der Waals surface area contributed by atoms with E-state index >= 15 is 0 Å². The molecule has 0 aliphatic rings. The predicted octanol–water partition coefficient (Wildman–Crippen LogP) is 3.67. The predicted molar refractivity (Wildman–Crippen MR) is 102 cm³/mol. The Bertz CT molecular complexity index is 893. The number of aromatic nitrogens is 2. The van der Waals surface area contributed by atoms with Crippen molar-refractivity contribution in [1.29, 1.82) is 0 Å². The number of rotatable bonds is 4. The average molecular weight is 365 g/mol. The van der Waals surface area contributed by atoms with Crippen LogP contribution < -0.4 is 11.3 Å². The molecule has 120 valence electrons. The lowest BCUT2D eigenvalue weighted by molar-refractivity contribution is 0.838. The first kappa shape index (κ1) is 16.2. The molecule has 8 heteroatoms. The standard InChI is InChI=1S/C15H16N4OS3/c1-8(2)17-15(16)23-7-11-18-13(20)12-9(6-22-14(12)19-11)10-4-3-5-21-10/h3-6,8H,7H2,1-2H3,(H2,16,17)(H,18,19,20). The van der Waals surface area contributed by atoms with Crippen LogP contribution in [0.25, 0.3) is 20.7 Å². The van der Waals surface area contributed by atoms with Crippen LogP contribution in [-0.2, 0) is 5.75 Å². The average Bonchev–Trinajstić information content (AvgIpc) is 3.13. The maximum atomic E-state index is 12.4. The van der Waals surface area contributed by atoms with Gasteiger partial charge in [-0.05, 0) is 25.3 Å². The summed E-state index contributed by atoms with van der Waals surface area (Å²) in [6.07, 6.45) is 0. The molecule has 0 saturated carbocycles. The van der Waals surface area contributed by atoms with Crippen molar-refractivity contribution >= 4 is 49.8 Å². The Hall–Kier alpha value is -1.64. The monoisotopic (exact) mass is 364 g/mol. The molecule has 0 spiro atoms. The number of thioether (sulfide) groups is 1. The van der Waals surface area contributed by atoms with Gasteiger partial charge >= 0.3 is 0 Å². The normalized spacial score (nSPS) is 12.4. The second kappa shape index (κ2) is 6.86. The van der Waals surface area contributed by atoms with Gasteiger partial charge in [0.15, 0.2) is 5.17 Å². The summed E-state index contributed by atoms with van der Waals surface area (Å²) < 4.78 is 0. The summed E-state index contributed by atoms with van der Waals surface area (Å²) in [5.74, 6) is 1.12. The topological polar surface area (TPSA) is 84.1 Å². The van der Waals surface area contributed by atoms with Gasteiger partial charge in [0.25, 0.3) is 5.56 Å². The van der Waals surface area contributed by atoms with E-state index in [2.05, 4.69) is 15.0 Å². The van der Waals surface area contributed by atoms with Gasteiger partial charge < -0.3 is 10.7 Å². The SMILES string of the molecule is CC(C)N=C(N)SCc1nc2scc(-c3cccs3)c2c(=O)[nH]1. The van der Waals surface area contributed by atoms with E-state index in [1.807, 2.05) is 36.7 Å². The van der Waals surface area contributed by atoms with Crippen molar-refractivity contribution in [2.24, 2.45) is 10.7 Å². The first-order valence-electron chi connectivity index (χ1n) is 7.05. The molecule has 0 aliphatic heterocycles. The van der Waals surface area contributed by atoms with Crippen LogP contribution in [0, 0.1) is 0 Å². The van der Waals surface area contributed by atoms with E-state index in [-0.39, 0.29) is 11.6 Å². The van der Waals surface area contributed by atoms with Gasteiger partial charge in [0.05, 0.1) is 11.1 Å². The molecule has 0 unspecified atom stereocenters. The summed E-state index contributed by atoms with van der Waals surface area (Å²) in [7, 11) is 0. The lowest BCUT2D eigenvalue weighted by Gasteiger charge is -2.03. The molecule has 0 aliphatic carbocycles. The van der Waals surface area contributed by atoms with Crippen molar-refractivity contribution in [3.63, 3.8) is 0 Å². The zero-order valence-electron chi connectivity index (χ0n) is 12.7. The van der Waals surface area contributed by atoms with Crippen molar-refractivity contribution in [2.45, 2.75) is 25.6 Å². The number of aliphatic imine (C=N–C) groups is 1. The third-order valence-electron chi connectivity index (χ3n) is 3.02. The Morgan fingerprint density at radius 3 is 3.00 bits per heavy atom. The van der Waals surface area contributed by atoms with Crippen LogP contribution in [0.1, 0.15) is 19.7 Å². The molecule has 0 saturated heterocycles. The van der Waals surface area contributed by atoms with Gasteiger partial charge in [-0.3, -0.25) is 9.79 Å². The van der Waals surface area contributed by atoms with E-state index in [1.54, 1.807) is 11.3 Å². The van der Waals surface area contributed by atoms with Gasteiger partial charge in [0.1, 0.15) is 10.7 Å². The number of amidine groups is 1. The zero-order valence-corrected chi connectivity index (χ0v) is 15.1. The van der Waals surface area contributed by atoms with Gasteiger partial charge in [-0.2, -0.15) is 0 Å². The molecule has 0 fully saturated rings. The zero-order chi connectivity index (χ0) is 16.4. The van der Waals surface area contributed by atoms with E-state index in [1.165, 1.54) is 23.1 Å². The molecule has 0 aromatic carbocycles. The summed E-state index contributed by atoms with van der Waals surface area (Å²) in [5.41, 5.74) is 6.69. The number of fused-ring (bicyclic) bond motifs is 1. The minimum absolute atomic E-state index is 0.102. The van der Waals surface area contributed by atoms with Crippen molar-refractivity contribution in [2.75, 3.05) is 0 Å². The van der Waals surface area contributed by atoms with Crippen LogP contribution >= 0.6 is 34.4 Å². The minimum atomic E-state index is -0.102. The van der Waals surface area contributed by atoms with Gasteiger partial charge in [-0.15, -0.1) is 22.7 Å². The van der Waals surface area contributed by atoms with Crippen LogP contribution in [0.3, 0.4) is 0 Å². The van der Waals surface area contributed by atoms with Crippen molar-refractivity contribution in [3.8, 4) is 10.4 Å². The van der Waals surface area contributed by atoms with Crippen LogP contribution in [0.2, 0.25) is 0 Å². The van der Waals surface area contributed by atoms with Gasteiger partial charge in [0.2, 0.25) is 0 Å². The van der Waals surface area contributed by atoms with Crippen molar-refractivity contribution in [3.05, 3.63) is 39.1 Å². The number of nitrogens with zero attached hydrogens (tertiary/aromatic N) is 2. The van der Waals surface area contributed by atoms with Crippen LogP contribution in [0.5, 0.6) is 0 Å². The Morgan fingerprint density at radius 2 is 2.30 bits per heavy atom. The molecule has 0 amide bonds. The van der Waals surface area contributed by atoms with Crippen LogP contribution in [0.15, 0.2) is 32.7 Å². The first-order valence-corrected chi connectivity index (χ1v) is 9.79. The summed E-state index contributed by atoms with van der Waals surface area (Å²) in [6, 6.07) is 4.15. The number of H-pyrrole nitrogens is 1. The van der Waals surface area contributed by atoms with Gasteiger partial charge in [-0.1, -0.05) is 17.8 Å². The second-order valence-electron chi connectivity index (χ2n) is 5.17. The third kappa shape index (κ3) is 3.65. The summed E-state index contributed by atoms with van der Waals surface area (Å²) >= 11 is 4.49. The highest BCUT2D eigenvalue weighted by molar-refractivity contribution is 8.13. The molecular formula is C15H16N4OS3. The lowest BCUT2D eigenvalue weighted by atomic mass is 10.2. The largest absolute Gasteiger partial charge is 0.379 e. The second-order valence-corrected chi connectivity index (χ2v) is 7.97. The molecule has 3 rings (SSSR count). The van der Waals surface area contributed by atoms with E-state index in [4.69, 9.17) is 5.73 Å². The highest BCUT2D eigenvalue weighted by Gasteiger charge is 2.13. The summed E-state index contributed by atoms with van der Waals surface area (Å²) in [5, 5.41) is 5.16. The molecule has 3 N–H and O–H groups in total.